The van der Waals surface area contributed by atoms with E-state index in [0.29, 0.717) is 5.92 Å². The van der Waals surface area contributed by atoms with Crippen LogP contribution in [0.4, 0.5) is 5.69 Å². The predicted molar refractivity (Wildman–Crippen MR) is 68.1 cm³/mol. The van der Waals surface area contributed by atoms with Crippen molar-refractivity contribution in [1.82, 2.24) is 5.32 Å². The van der Waals surface area contributed by atoms with Gasteiger partial charge in [0, 0.05) is 17.8 Å². The van der Waals surface area contributed by atoms with Crippen LogP contribution in [-0.2, 0) is 0 Å². The van der Waals surface area contributed by atoms with Crippen molar-refractivity contribution in [3.8, 4) is 0 Å². The van der Waals surface area contributed by atoms with E-state index in [-0.39, 0.29) is 12.1 Å². The van der Waals surface area contributed by atoms with E-state index in [1.54, 1.807) is 0 Å². The summed E-state index contributed by atoms with van der Waals surface area (Å²) >= 11 is 0. The van der Waals surface area contributed by atoms with E-state index >= 15 is 0 Å². The van der Waals surface area contributed by atoms with E-state index in [2.05, 4.69) is 25.2 Å². The van der Waals surface area contributed by atoms with Crippen molar-refractivity contribution in [1.29, 1.82) is 0 Å². The Kier molecular flexibility index (Phi) is 3.17. The lowest BCUT2D eigenvalue weighted by atomic mass is 9.86. The summed E-state index contributed by atoms with van der Waals surface area (Å²) in [5.74, 6) is 0.660. The summed E-state index contributed by atoms with van der Waals surface area (Å²) in [7, 11) is 0. The van der Waals surface area contributed by atoms with Crippen LogP contribution in [0.25, 0.3) is 0 Å². The normalized spacial score (nSPS) is 30.3. The number of nitrogen functional groups attached to an aromatic ring is 1. The van der Waals surface area contributed by atoms with Crippen molar-refractivity contribution in [3.05, 3.63) is 29.3 Å². The molecule has 1 aliphatic rings. The smallest absolute Gasteiger partial charge is 0.0477 e. The van der Waals surface area contributed by atoms with Gasteiger partial charge in [0.25, 0.3) is 0 Å². The fourth-order valence-corrected chi connectivity index (χ4v) is 2.50. The van der Waals surface area contributed by atoms with Crippen LogP contribution in [0.1, 0.15) is 30.5 Å². The maximum atomic E-state index is 6.22. The number of nitrogens with one attached hydrogen (secondary N) is 1. The number of piperidine rings is 1. The zero-order chi connectivity index (χ0) is 11.7. The van der Waals surface area contributed by atoms with Crippen molar-refractivity contribution in [2.24, 2.45) is 11.7 Å². The second-order valence-corrected chi connectivity index (χ2v) is 5.01. The molecule has 1 fully saturated rings. The largest absolute Gasteiger partial charge is 0.399 e. The lowest BCUT2D eigenvalue weighted by Crippen LogP contribution is -2.46. The first kappa shape index (κ1) is 11.4. The second kappa shape index (κ2) is 4.44. The second-order valence-electron chi connectivity index (χ2n) is 5.01. The van der Waals surface area contributed by atoms with E-state index in [4.69, 9.17) is 11.5 Å². The van der Waals surface area contributed by atoms with E-state index in [0.717, 1.165) is 18.7 Å². The summed E-state index contributed by atoms with van der Waals surface area (Å²) < 4.78 is 0. The number of aryl methyl sites for hydroxylation is 1. The van der Waals surface area contributed by atoms with Gasteiger partial charge in [-0.3, -0.25) is 0 Å². The molecule has 0 radical (unpaired) electrons. The third-order valence-electron chi connectivity index (χ3n) is 3.43. The molecule has 3 nitrogen and oxygen atoms in total. The van der Waals surface area contributed by atoms with Gasteiger partial charge in [0.1, 0.15) is 0 Å². The standard InChI is InChI=1S/C13H21N3/c1-8-5-12(15)13(16-7-8)11-6-10(14)4-3-9(11)2/h3-4,6,8,12-13,16H,5,7,14-15H2,1-2H3. The summed E-state index contributed by atoms with van der Waals surface area (Å²) in [6.07, 6.45) is 1.08. The van der Waals surface area contributed by atoms with Gasteiger partial charge in [-0.15, -0.1) is 0 Å². The molecule has 0 spiro atoms. The molecule has 1 aromatic rings. The fourth-order valence-electron chi connectivity index (χ4n) is 2.50. The lowest BCUT2D eigenvalue weighted by molar-refractivity contribution is 0.291. The highest BCUT2D eigenvalue weighted by molar-refractivity contribution is 5.46. The SMILES string of the molecule is Cc1ccc(N)cc1C1NCC(C)CC1N. The van der Waals surface area contributed by atoms with Gasteiger partial charge in [-0.25, -0.2) is 0 Å². The quantitative estimate of drug-likeness (QED) is 0.628. The Bertz CT molecular complexity index is 375. The van der Waals surface area contributed by atoms with Crippen LogP contribution in [0.5, 0.6) is 0 Å². The van der Waals surface area contributed by atoms with Crippen molar-refractivity contribution in [3.63, 3.8) is 0 Å². The number of rotatable bonds is 1. The third kappa shape index (κ3) is 2.20. The summed E-state index contributed by atoms with van der Waals surface area (Å²) in [4.78, 5) is 0. The molecule has 3 unspecified atom stereocenters. The number of hydrogen-bond acceptors (Lipinski definition) is 3. The molecule has 0 bridgehead atoms. The molecule has 2 rings (SSSR count). The Morgan fingerprint density at radius 3 is 2.81 bits per heavy atom. The predicted octanol–water partition coefficient (Wildman–Crippen LogP) is 1.58. The van der Waals surface area contributed by atoms with Crippen molar-refractivity contribution in [2.75, 3.05) is 12.3 Å². The zero-order valence-electron chi connectivity index (χ0n) is 10.0. The van der Waals surface area contributed by atoms with Gasteiger partial charge in [-0.1, -0.05) is 13.0 Å². The third-order valence-corrected chi connectivity index (χ3v) is 3.43. The molecular formula is C13H21N3. The van der Waals surface area contributed by atoms with Crippen LogP contribution in [0.2, 0.25) is 0 Å². The first-order valence-electron chi connectivity index (χ1n) is 5.93. The van der Waals surface area contributed by atoms with E-state index in [1.165, 1.54) is 11.1 Å². The molecule has 88 valence electrons. The van der Waals surface area contributed by atoms with Crippen LogP contribution in [-0.4, -0.2) is 12.6 Å². The summed E-state index contributed by atoms with van der Waals surface area (Å²) in [6.45, 7) is 5.38. The number of benzene rings is 1. The van der Waals surface area contributed by atoms with Gasteiger partial charge >= 0.3 is 0 Å². The Hall–Kier alpha value is -1.06. The minimum atomic E-state index is 0.184. The molecule has 16 heavy (non-hydrogen) atoms. The van der Waals surface area contributed by atoms with Gasteiger partial charge in [0.15, 0.2) is 0 Å². The molecule has 1 heterocycles. The fraction of sp³-hybridized carbons (Fsp3) is 0.538. The average Bonchev–Trinajstić information content (AvgIpc) is 2.22. The van der Waals surface area contributed by atoms with Crippen molar-refractivity contribution in [2.45, 2.75) is 32.4 Å². The topological polar surface area (TPSA) is 64.1 Å². The summed E-state index contributed by atoms with van der Waals surface area (Å²) in [6, 6.07) is 6.49. The molecule has 1 aromatic carbocycles. The van der Waals surface area contributed by atoms with Gasteiger partial charge in [-0.2, -0.15) is 0 Å². The maximum absolute atomic E-state index is 6.22. The first-order valence-corrected chi connectivity index (χ1v) is 5.93. The van der Waals surface area contributed by atoms with Crippen LogP contribution in [0.15, 0.2) is 18.2 Å². The van der Waals surface area contributed by atoms with Crippen LogP contribution in [0.3, 0.4) is 0 Å². The van der Waals surface area contributed by atoms with Crippen molar-refractivity contribution >= 4 is 5.69 Å². The molecule has 1 saturated heterocycles. The minimum Gasteiger partial charge on any atom is -0.399 e. The van der Waals surface area contributed by atoms with Crippen LogP contribution < -0.4 is 16.8 Å². The Morgan fingerprint density at radius 2 is 2.12 bits per heavy atom. The van der Waals surface area contributed by atoms with Gasteiger partial charge in [-0.05, 0) is 49.1 Å². The molecule has 0 saturated carbocycles. The van der Waals surface area contributed by atoms with E-state index < -0.39 is 0 Å². The monoisotopic (exact) mass is 219 g/mol. The van der Waals surface area contributed by atoms with Gasteiger partial charge < -0.3 is 16.8 Å². The Balaban J connectivity index is 2.26. The molecular weight excluding hydrogens is 198 g/mol. The number of nitrogens with two attached hydrogens (primary N) is 2. The van der Waals surface area contributed by atoms with Crippen molar-refractivity contribution < 1.29 is 0 Å². The van der Waals surface area contributed by atoms with E-state index in [9.17, 15) is 0 Å². The summed E-state index contributed by atoms with van der Waals surface area (Å²) in [5.41, 5.74) is 15.4. The Labute approximate surface area is 97.2 Å². The number of anilines is 1. The van der Waals surface area contributed by atoms with Gasteiger partial charge in [0.2, 0.25) is 0 Å². The average molecular weight is 219 g/mol. The highest BCUT2D eigenvalue weighted by Gasteiger charge is 2.27. The molecule has 3 atom stereocenters. The van der Waals surface area contributed by atoms with Crippen LogP contribution in [0, 0.1) is 12.8 Å². The minimum absolute atomic E-state index is 0.184. The molecule has 5 N–H and O–H groups in total. The molecule has 1 aliphatic heterocycles. The molecule has 0 amide bonds. The maximum Gasteiger partial charge on any atom is 0.0477 e. The lowest BCUT2D eigenvalue weighted by Gasteiger charge is -2.34. The molecule has 3 heteroatoms. The number of hydrogen-bond donors (Lipinski definition) is 3. The highest BCUT2D eigenvalue weighted by atomic mass is 15.0. The van der Waals surface area contributed by atoms with Gasteiger partial charge in [0.05, 0.1) is 0 Å². The molecule has 0 aliphatic carbocycles. The molecule has 0 aromatic heterocycles. The highest BCUT2D eigenvalue weighted by Crippen LogP contribution is 2.28. The van der Waals surface area contributed by atoms with Crippen LogP contribution >= 0.6 is 0 Å². The zero-order valence-corrected chi connectivity index (χ0v) is 10.0. The van der Waals surface area contributed by atoms with E-state index in [1.807, 2.05) is 12.1 Å². The first-order chi connectivity index (χ1) is 7.58. The Morgan fingerprint density at radius 1 is 1.38 bits per heavy atom. The summed E-state index contributed by atoms with van der Waals surface area (Å²) in [5, 5.41) is 3.52.